The van der Waals surface area contributed by atoms with Crippen molar-refractivity contribution < 1.29 is 19.1 Å². The number of anilines is 1. The fraction of sp³-hybridized carbons (Fsp3) is 0.120. The molecule has 3 aromatic carbocycles. The van der Waals surface area contributed by atoms with Crippen LogP contribution in [0.3, 0.4) is 0 Å². The molecule has 0 aliphatic rings. The van der Waals surface area contributed by atoms with E-state index in [1.54, 1.807) is 55.7 Å². The van der Waals surface area contributed by atoms with E-state index in [1.807, 2.05) is 42.5 Å². The third-order valence-electron chi connectivity index (χ3n) is 4.24. The number of esters is 1. The number of carbonyl (C=O) groups excluding carboxylic acids is 2. The molecule has 0 heterocycles. The summed E-state index contributed by atoms with van der Waals surface area (Å²) >= 11 is 1.29. The summed E-state index contributed by atoms with van der Waals surface area (Å²) in [6, 6.07) is 24.0. The van der Waals surface area contributed by atoms with Crippen LogP contribution in [0.5, 0.6) is 5.75 Å². The molecule has 0 aliphatic heterocycles. The minimum atomic E-state index is -0.422. The largest absolute Gasteiger partial charge is 0.497 e. The van der Waals surface area contributed by atoms with E-state index in [0.717, 1.165) is 5.56 Å². The quantitative estimate of drug-likeness (QED) is 0.367. The first-order valence-corrected chi connectivity index (χ1v) is 10.7. The zero-order chi connectivity index (χ0) is 21.9. The number of benzene rings is 3. The van der Waals surface area contributed by atoms with E-state index in [1.165, 1.54) is 11.8 Å². The number of amides is 1. The molecule has 0 atom stereocenters. The maximum Gasteiger partial charge on any atom is 0.339 e. The molecule has 0 bridgehead atoms. The Hall–Kier alpha value is -3.51. The van der Waals surface area contributed by atoms with Crippen molar-refractivity contribution in [3.63, 3.8) is 0 Å². The number of ether oxygens (including phenoxy) is 2. The van der Waals surface area contributed by atoms with Gasteiger partial charge in [0.25, 0.3) is 0 Å². The topological polar surface area (TPSA) is 64.6 Å². The summed E-state index contributed by atoms with van der Waals surface area (Å²) in [4.78, 5) is 25.5. The van der Waals surface area contributed by atoms with Crippen molar-refractivity contribution in [2.75, 3.05) is 24.8 Å². The van der Waals surface area contributed by atoms with Gasteiger partial charge in [-0.1, -0.05) is 54.6 Å². The Labute approximate surface area is 186 Å². The first-order valence-electron chi connectivity index (χ1n) is 9.70. The molecule has 0 fully saturated rings. The van der Waals surface area contributed by atoms with Crippen LogP contribution in [0.4, 0.5) is 5.69 Å². The lowest BCUT2D eigenvalue weighted by molar-refractivity contribution is -0.113. The monoisotopic (exact) mass is 433 g/mol. The smallest absolute Gasteiger partial charge is 0.339 e. The summed E-state index contributed by atoms with van der Waals surface area (Å²) in [5.74, 6) is 0.233. The van der Waals surface area contributed by atoms with Crippen LogP contribution in [0.2, 0.25) is 0 Å². The fourth-order valence-electron chi connectivity index (χ4n) is 2.75. The van der Waals surface area contributed by atoms with Crippen molar-refractivity contribution in [3.8, 4) is 5.75 Å². The maximum absolute atomic E-state index is 12.5. The first kappa shape index (κ1) is 22.2. The molecule has 0 aliphatic carbocycles. The summed E-state index contributed by atoms with van der Waals surface area (Å²) in [7, 11) is 1.57. The van der Waals surface area contributed by atoms with E-state index in [9.17, 15) is 9.59 Å². The van der Waals surface area contributed by atoms with Gasteiger partial charge in [-0.2, -0.15) is 0 Å². The predicted octanol–water partition coefficient (Wildman–Crippen LogP) is 5.30. The fourth-order valence-corrected chi connectivity index (χ4v) is 3.59. The summed E-state index contributed by atoms with van der Waals surface area (Å²) in [5.41, 5.74) is 2.13. The average Bonchev–Trinajstić information content (AvgIpc) is 2.81. The Bertz CT molecular complexity index is 1050. The van der Waals surface area contributed by atoms with Crippen LogP contribution in [-0.4, -0.2) is 31.3 Å². The number of methoxy groups -OCH3 is 1. The minimum absolute atomic E-state index is 0.162. The van der Waals surface area contributed by atoms with Gasteiger partial charge in [0.1, 0.15) is 12.4 Å². The number of carbonyl (C=O) groups is 2. The van der Waals surface area contributed by atoms with Crippen molar-refractivity contribution in [1.29, 1.82) is 0 Å². The van der Waals surface area contributed by atoms with E-state index in [-0.39, 0.29) is 18.3 Å². The number of thioether (sulfide) groups is 1. The SMILES string of the molecule is COc1cccc(NC(=O)CSc2ccccc2C(=O)OC/C=C/c2ccccc2)c1. The molecule has 0 spiro atoms. The molecule has 31 heavy (non-hydrogen) atoms. The van der Waals surface area contributed by atoms with Crippen LogP contribution in [0.25, 0.3) is 6.08 Å². The standard InChI is InChI=1S/C25H23NO4S/c1-29-21-13-7-12-20(17-21)26-24(27)18-31-23-15-6-5-14-22(23)25(28)30-16-8-11-19-9-3-2-4-10-19/h2-15,17H,16,18H2,1H3,(H,26,27)/b11-8+. The molecule has 6 heteroatoms. The third-order valence-corrected chi connectivity index (χ3v) is 5.31. The van der Waals surface area contributed by atoms with E-state index in [2.05, 4.69) is 5.32 Å². The molecular formula is C25H23NO4S. The highest BCUT2D eigenvalue weighted by atomic mass is 32.2. The van der Waals surface area contributed by atoms with E-state index in [0.29, 0.717) is 21.9 Å². The van der Waals surface area contributed by atoms with Gasteiger partial charge in [0.15, 0.2) is 0 Å². The predicted molar refractivity (Wildman–Crippen MR) is 125 cm³/mol. The normalized spacial score (nSPS) is 10.6. The molecule has 0 aromatic heterocycles. The lowest BCUT2D eigenvalue weighted by Gasteiger charge is -2.09. The zero-order valence-corrected chi connectivity index (χ0v) is 17.9. The summed E-state index contributed by atoms with van der Waals surface area (Å²) in [6.07, 6.45) is 3.70. The van der Waals surface area contributed by atoms with Crippen LogP contribution < -0.4 is 10.1 Å². The lowest BCUT2D eigenvalue weighted by Crippen LogP contribution is -2.14. The van der Waals surface area contributed by atoms with Gasteiger partial charge < -0.3 is 14.8 Å². The number of hydrogen-bond acceptors (Lipinski definition) is 5. The highest BCUT2D eigenvalue weighted by Crippen LogP contribution is 2.24. The Balaban J connectivity index is 1.53. The van der Waals surface area contributed by atoms with Gasteiger partial charge in [0.2, 0.25) is 5.91 Å². The molecular weight excluding hydrogens is 410 g/mol. The van der Waals surface area contributed by atoms with Crippen LogP contribution in [0, 0.1) is 0 Å². The summed E-state index contributed by atoms with van der Waals surface area (Å²) in [5, 5.41) is 2.83. The van der Waals surface area contributed by atoms with Gasteiger partial charge in [-0.15, -0.1) is 11.8 Å². The average molecular weight is 434 g/mol. The van der Waals surface area contributed by atoms with Crippen LogP contribution in [0.1, 0.15) is 15.9 Å². The second-order valence-corrected chi connectivity index (χ2v) is 7.49. The van der Waals surface area contributed by atoms with Crippen LogP contribution in [0.15, 0.2) is 89.8 Å². The van der Waals surface area contributed by atoms with E-state index < -0.39 is 5.97 Å². The molecule has 5 nitrogen and oxygen atoms in total. The summed E-state index contributed by atoms with van der Waals surface area (Å²) in [6.45, 7) is 0.170. The first-order chi connectivity index (χ1) is 15.2. The van der Waals surface area contributed by atoms with Crippen molar-refractivity contribution in [2.24, 2.45) is 0 Å². The van der Waals surface area contributed by atoms with E-state index in [4.69, 9.17) is 9.47 Å². The van der Waals surface area contributed by atoms with Gasteiger partial charge in [-0.25, -0.2) is 4.79 Å². The molecule has 1 N–H and O–H groups in total. The van der Waals surface area contributed by atoms with Gasteiger partial charge in [0, 0.05) is 16.6 Å². The zero-order valence-electron chi connectivity index (χ0n) is 17.1. The lowest BCUT2D eigenvalue weighted by atomic mass is 10.2. The van der Waals surface area contributed by atoms with Gasteiger partial charge >= 0.3 is 5.97 Å². The Morgan fingerprint density at radius 2 is 1.74 bits per heavy atom. The summed E-state index contributed by atoms with van der Waals surface area (Å²) < 4.78 is 10.5. The van der Waals surface area contributed by atoms with Gasteiger partial charge in [-0.05, 0) is 35.9 Å². The van der Waals surface area contributed by atoms with Crippen LogP contribution in [-0.2, 0) is 9.53 Å². The van der Waals surface area contributed by atoms with Crippen molar-refractivity contribution in [1.82, 2.24) is 0 Å². The molecule has 3 rings (SSSR count). The van der Waals surface area contributed by atoms with Gasteiger partial charge in [-0.3, -0.25) is 4.79 Å². The van der Waals surface area contributed by atoms with Crippen molar-refractivity contribution >= 4 is 35.4 Å². The second kappa shape index (κ2) is 11.6. The third kappa shape index (κ3) is 7.04. The Morgan fingerprint density at radius 1 is 0.968 bits per heavy atom. The molecule has 0 unspecified atom stereocenters. The van der Waals surface area contributed by atoms with Crippen molar-refractivity contribution in [2.45, 2.75) is 4.90 Å². The maximum atomic E-state index is 12.5. The van der Waals surface area contributed by atoms with Crippen LogP contribution >= 0.6 is 11.8 Å². The van der Waals surface area contributed by atoms with Crippen molar-refractivity contribution in [3.05, 3.63) is 96.1 Å². The molecule has 0 saturated heterocycles. The number of hydrogen-bond donors (Lipinski definition) is 1. The molecule has 1 amide bonds. The highest BCUT2D eigenvalue weighted by Gasteiger charge is 2.14. The molecule has 0 radical (unpaired) electrons. The molecule has 0 saturated carbocycles. The Morgan fingerprint density at radius 3 is 2.55 bits per heavy atom. The minimum Gasteiger partial charge on any atom is -0.497 e. The Kier molecular flexibility index (Phi) is 8.31. The number of rotatable bonds is 9. The van der Waals surface area contributed by atoms with E-state index >= 15 is 0 Å². The number of nitrogens with one attached hydrogen (secondary N) is 1. The second-order valence-electron chi connectivity index (χ2n) is 6.48. The highest BCUT2D eigenvalue weighted by molar-refractivity contribution is 8.00. The molecule has 3 aromatic rings. The van der Waals surface area contributed by atoms with Gasteiger partial charge in [0.05, 0.1) is 18.4 Å². The molecule has 158 valence electrons.